The van der Waals surface area contributed by atoms with E-state index in [2.05, 4.69) is 4.72 Å². The van der Waals surface area contributed by atoms with Gasteiger partial charge in [-0.2, -0.15) is 12.7 Å². The summed E-state index contributed by atoms with van der Waals surface area (Å²) in [4.78, 5) is 0. The molecule has 0 amide bonds. The third-order valence-electron chi connectivity index (χ3n) is 2.84. The van der Waals surface area contributed by atoms with Crippen molar-refractivity contribution >= 4 is 10.2 Å². The van der Waals surface area contributed by atoms with Crippen LogP contribution in [0.2, 0.25) is 0 Å². The molecular weight excluding hydrogens is 202 g/mol. The first-order valence-corrected chi connectivity index (χ1v) is 6.35. The van der Waals surface area contributed by atoms with Crippen molar-refractivity contribution in [3.05, 3.63) is 0 Å². The molecule has 0 spiro atoms. The van der Waals surface area contributed by atoms with Crippen molar-refractivity contribution in [3.63, 3.8) is 0 Å². The predicted molar refractivity (Wildman–Crippen MR) is 55.9 cm³/mol. The SMILES string of the molecule is CNS(=O)(=O)N1CCC(C(C)N)CC1. The van der Waals surface area contributed by atoms with Gasteiger partial charge in [0.15, 0.2) is 0 Å². The van der Waals surface area contributed by atoms with Crippen LogP contribution in [0.1, 0.15) is 19.8 Å². The fourth-order valence-electron chi connectivity index (χ4n) is 1.77. The third kappa shape index (κ3) is 2.66. The maximum Gasteiger partial charge on any atom is 0.279 e. The first-order valence-electron chi connectivity index (χ1n) is 4.91. The fourth-order valence-corrected chi connectivity index (χ4v) is 2.72. The Bertz CT molecular complexity index is 268. The Hall–Kier alpha value is -0.170. The Morgan fingerprint density at radius 3 is 2.29 bits per heavy atom. The molecule has 14 heavy (non-hydrogen) atoms. The second kappa shape index (κ2) is 4.57. The molecular formula is C8H19N3O2S. The first-order chi connectivity index (χ1) is 6.47. The number of piperidine rings is 1. The van der Waals surface area contributed by atoms with E-state index in [1.807, 2.05) is 6.92 Å². The van der Waals surface area contributed by atoms with Gasteiger partial charge in [0.1, 0.15) is 0 Å². The summed E-state index contributed by atoms with van der Waals surface area (Å²) < 4.78 is 26.6. The second-order valence-corrected chi connectivity index (χ2v) is 5.68. The topological polar surface area (TPSA) is 75.4 Å². The van der Waals surface area contributed by atoms with E-state index in [4.69, 9.17) is 5.73 Å². The number of rotatable bonds is 3. The largest absolute Gasteiger partial charge is 0.328 e. The van der Waals surface area contributed by atoms with Gasteiger partial charge in [-0.05, 0) is 25.7 Å². The summed E-state index contributed by atoms with van der Waals surface area (Å²) in [6.45, 7) is 3.14. The minimum Gasteiger partial charge on any atom is -0.328 e. The van der Waals surface area contributed by atoms with E-state index in [0.29, 0.717) is 19.0 Å². The van der Waals surface area contributed by atoms with Crippen molar-refractivity contribution in [2.24, 2.45) is 11.7 Å². The summed E-state index contributed by atoms with van der Waals surface area (Å²) in [5.74, 6) is 0.457. The molecule has 1 fully saturated rings. The van der Waals surface area contributed by atoms with Gasteiger partial charge in [0.2, 0.25) is 0 Å². The number of hydrogen-bond acceptors (Lipinski definition) is 3. The maximum absolute atomic E-state index is 11.4. The number of nitrogens with zero attached hydrogens (tertiary/aromatic N) is 1. The van der Waals surface area contributed by atoms with Gasteiger partial charge in [-0.1, -0.05) is 0 Å². The standard InChI is InChI=1S/C8H19N3O2S/c1-7(9)8-3-5-11(6-4-8)14(12,13)10-2/h7-8,10H,3-6,9H2,1-2H3. The third-order valence-corrected chi connectivity index (χ3v) is 4.40. The maximum atomic E-state index is 11.4. The van der Waals surface area contributed by atoms with Gasteiger partial charge in [0.25, 0.3) is 10.2 Å². The van der Waals surface area contributed by atoms with Gasteiger partial charge in [-0.3, -0.25) is 0 Å². The lowest BCUT2D eigenvalue weighted by molar-refractivity contribution is 0.249. The van der Waals surface area contributed by atoms with Gasteiger partial charge in [0.05, 0.1) is 0 Å². The van der Waals surface area contributed by atoms with Gasteiger partial charge in [0, 0.05) is 26.2 Å². The number of hydrogen-bond donors (Lipinski definition) is 2. The lowest BCUT2D eigenvalue weighted by Gasteiger charge is -2.32. The van der Waals surface area contributed by atoms with Gasteiger partial charge < -0.3 is 5.73 Å². The summed E-state index contributed by atoms with van der Waals surface area (Å²) in [5.41, 5.74) is 5.77. The molecule has 0 saturated carbocycles. The normalized spacial score (nSPS) is 23.6. The zero-order valence-electron chi connectivity index (χ0n) is 8.73. The summed E-state index contributed by atoms with van der Waals surface area (Å²) in [5, 5.41) is 0. The van der Waals surface area contributed by atoms with Crippen LogP contribution in [-0.4, -0.2) is 38.9 Å². The minimum atomic E-state index is -3.23. The van der Waals surface area contributed by atoms with Crippen LogP contribution in [0.15, 0.2) is 0 Å². The van der Waals surface area contributed by atoms with Crippen LogP contribution in [0.25, 0.3) is 0 Å². The molecule has 1 aliphatic heterocycles. The van der Waals surface area contributed by atoms with E-state index in [0.717, 1.165) is 12.8 Å². The van der Waals surface area contributed by atoms with Crippen LogP contribution in [0.4, 0.5) is 0 Å². The monoisotopic (exact) mass is 221 g/mol. The second-order valence-electron chi connectivity index (χ2n) is 3.80. The van der Waals surface area contributed by atoms with Crippen molar-refractivity contribution in [1.29, 1.82) is 0 Å². The average molecular weight is 221 g/mol. The molecule has 0 aliphatic carbocycles. The van der Waals surface area contributed by atoms with Gasteiger partial charge >= 0.3 is 0 Å². The molecule has 0 aromatic carbocycles. The van der Waals surface area contributed by atoms with E-state index in [-0.39, 0.29) is 6.04 Å². The van der Waals surface area contributed by atoms with Gasteiger partial charge in [-0.25, -0.2) is 4.72 Å². The molecule has 6 heteroatoms. The van der Waals surface area contributed by atoms with Crippen molar-refractivity contribution in [3.8, 4) is 0 Å². The summed E-state index contributed by atoms with van der Waals surface area (Å²) in [6, 6.07) is 0.162. The molecule has 5 nitrogen and oxygen atoms in total. The van der Waals surface area contributed by atoms with Crippen LogP contribution < -0.4 is 10.5 Å². The Balaban J connectivity index is 2.52. The number of nitrogens with two attached hydrogens (primary N) is 1. The Labute approximate surface area is 85.8 Å². The predicted octanol–water partition coefficient (Wildman–Crippen LogP) is -0.490. The highest BCUT2D eigenvalue weighted by atomic mass is 32.2. The molecule has 1 saturated heterocycles. The molecule has 0 radical (unpaired) electrons. The Kier molecular flexibility index (Phi) is 3.88. The molecule has 0 aromatic rings. The molecule has 1 atom stereocenters. The lowest BCUT2D eigenvalue weighted by atomic mass is 9.92. The average Bonchev–Trinajstić information content (AvgIpc) is 2.18. The lowest BCUT2D eigenvalue weighted by Crippen LogP contribution is -2.46. The molecule has 1 unspecified atom stereocenters. The zero-order valence-corrected chi connectivity index (χ0v) is 9.55. The quantitative estimate of drug-likeness (QED) is 0.675. The van der Waals surface area contributed by atoms with Gasteiger partial charge in [-0.15, -0.1) is 0 Å². The molecule has 84 valence electrons. The van der Waals surface area contributed by atoms with E-state index in [9.17, 15) is 8.42 Å². The molecule has 0 bridgehead atoms. The fraction of sp³-hybridized carbons (Fsp3) is 1.00. The molecule has 3 N–H and O–H groups in total. The Morgan fingerprint density at radius 1 is 1.43 bits per heavy atom. The zero-order chi connectivity index (χ0) is 10.8. The van der Waals surface area contributed by atoms with Crippen molar-refractivity contribution in [2.45, 2.75) is 25.8 Å². The van der Waals surface area contributed by atoms with E-state index in [1.165, 1.54) is 11.4 Å². The Morgan fingerprint density at radius 2 is 1.93 bits per heavy atom. The minimum absolute atomic E-state index is 0.162. The van der Waals surface area contributed by atoms with Crippen molar-refractivity contribution in [1.82, 2.24) is 9.03 Å². The van der Waals surface area contributed by atoms with E-state index < -0.39 is 10.2 Å². The van der Waals surface area contributed by atoms with E-state index >= 15 is 0 Å². The molecule has 1 heterocycles. The van der Waals surface area contributed by atoms with Crippen LogP contribution >= 0.6 is 0 Å². The summed E-state index contributed by atoms with van der Waals surface area (Å²) in [7, 11) is -1.79. The van der Waals surface area contributed by atoms with Crippen molar-refractivity contribution < 1.29 is 8.42 Å². The van der Waals surface area contributed by atoms with Crippen LogP contribution in [-0.2, 0) is 10.2 Å². The van der Waals surface area contributed by atoms with E-state index in [1.54, 1.807) is 0 Å². The van der Waals surface area contributed by atoms with Crippen LogP contribution in [0.3, 0.4) is 0 Å². The highest BCUT2D eigenvalue weighted by Gasteiger charge is 2.27. The highest BCUT2D eigenvalue weighted by molar-refractivity contribution is 7.87. The smallest absolute Gasteiger partial charge is 0.279 e. The highest BCUT2D eigenvalue weighted by Crippen LogP contribution is 2.20. The molecule has 1 rings (SSSR count). The van der Waals surface area contributed by atoms with Crippen molar-refractivity contribution in [2.75, 3.05) is 20.1 Å². The molecule has 1 aliphatic rings. The van der Waals surface area contributed by atoms with Crippen LogP contribution in [0.5, 0.6) is 0 Å². The number of nitrogens with one attached hydrogen (secondary N) is 1. The van der Waals surface area contributed by atoms with Crippen LogP contribution in [0, 0.1) is 5.92 Å². The summed E-state index contributed by atoms with van der Waals surface area (Å²) >= 11 is 0. The summed E-state index contributed by atoms with van der Waals surface area (Å²) in [6.07, 6.45) is 1.72. The first kappa shape index (κ1) is 11.9. The molecule has 0 aromatic heterocycles.